The summed E-state index contributed by atoms with van der Waals surface area (Å²) in [6.07, 6.45) is 9.05. The van der Waals surface area contributed by atoms with Gasteiger partial charge in [0.05, 0.1) is 28.1 Å². The third-order valence-electron chi connectivity index (χ3n) is 7.23. The van der Waals surface area contributed by atoms with Gasteiger partial charge in [-0.3, -0.25) is 0 Å². The highest BCUT2D eigenvalue weighted by Gasteiger charge is 2.45. The van der Waals surface area contributed by atoms with Crippen molar-refractivity contribution in [2.45, 2.75) is 25.3 Å². The van der Waals surface area contributed by atoms with E-state index in [4.69, 9.17) is 33.9 Å². The van der Waals surface area contributed by atoms with E-state index >= 15 is 0 Å². The van der Waals surface area contributed by atoms with E-state index in [1.54, 1.807) is 6.07 Å². The number of nitrogens with two attached hydrogens (primary N) is 1. The average molecular weight is 464 g/mol. The van der Waals surface area contributed by atoms with E-state index in [0.717, 1.165) is 55.1 Å². The number of piperidine rings is 1. The summed E-state index contributed by atoms with van der Waals surface area (Å²) in [7, 11) is 0. The van der Waals surface area contributed by atoms with Crippen molar-refractivity contribution in [3.8, 4) is 11.3 Å². The molecule has 0 amide bonds. The van der Waals surface area contributed by atoms with Crippen LogP contribution in [0.4, 0.5) is 5.82 Å². The summed E-state index contributed by atoms with van der Waals surface area (Å²) in [4.78, 5) is 11.7. The van der Waals surface area contributed by atoms with Crippen molar-refractivity contribution in [1.82, 2.24) is 14.4 Å². The Morgan fingerprint density at radius 2 is 1.81 bits per heavy atom. The summed E-state index contributed by atoms with van der Waals surface area (Å²) < 4.78 is 2.01. The fraction of sp³-hybridized carbons (Fsp3) is 0.280. The number of benzene rings is 2. The fourth-order valence-electron chi connectivity index (χ4n) is 5.37. The van der Waals surface area contributed by atoms with Crippen molar-refractivity contribution in [1.29, 1.82) is 0 Å². The Balaban J connectivity index is 1.24. The smallest absolute Gasteiger partial charge is 0.156 e. The number of imidazole rings is 1. The van der Waals surface area contributed by atoms with Gasteiger partial charge in [0.15, 0.2) is 5.65 Å². The minimum absolute atomic E-state index is 0.120. The Kier molecular flexibility index (Phi) is 4.68. The first-order valence-corrected chi connectivity index (χ1v) is 11.7. The first-order valence-electron chi connectivity index (χ1n) is 10.9. The van der Waals surface area contributed by atoms with Crippen LogP contribution in [0, 0.1) is 5.41 Å². The number of hydrogen-bond acceptors (Lipinski definition) is 4. The van der Waals surface area contributed by atoms with Crippen molar-refractivity contribution < 1.29 is 0 Å². The van der Waals surface area contributed by atoms with Crippen LogP contribution in [-0.4, -0.2) is 27.5 Å². The van der Waals surface area contributed by atoms with Crippen LogP contribution in [0.5, 0.6) is 0 Å². The Hall–Kier alpha value is -2.60. The average Bonchev–Trinajstić information content (AvgIpc) is 3.35. The number of aromatic nitrogens is 3. The zero-order valence-electron chi connectivity index (χ0n) is 17.5. The van der Waals surface area contributed by atoms with E-state index in [0.29, 0.717) is 10.0 Å². The van der Waals surface area contributed by atoms with Gasteiger partial charge in [-0.15, -0.1) is 0 Å². The standard InChI is InChI=1S/C25H23Cl2N5/c26-19-7-3-6-18(23(19)27)20-14-32-15-22(29-13-21(32)30-20)31-10-8-25(9-11-31)12-16-4-1-2-5-17(16)24(25)28/h1-7,13-15,24H,8-12,28H2/t24-/m1/s1. The molecule has 1 atom stereocenters. The molecule has 6 rings (SSSR count). The van der Waals surface area contributed by atoms with E-state index in [2.05, 4.69) is 34.1 Å². The molecule has 2 aliphatic rings. The SMILES string of the molecule is N[C@@H]1c2ccccc2CC12CCN(c1cn3cc(-c4cccc(Cl)c4Cl)nc3cn1)CC2. The van der Waals surface area contributed by atoms with Gasteiger partial charge in [-0.2, -0.15) is 0 Å². The van der Waals surface area contributed by atoms with Crippen molar-refractivity contribution >= 4 is 34.7 Å². The van der Waals surface area contributed by atoms with Crippen LogP contribution in [0.3, 0.4) is 0 Å². The lowest BCUT2D eigenvalue weighted by molar-refractivity contribution is 0.187. The lowest BCUT2D eigenvalue weighted by atomic mass is 9.73. The van der Waals surface area contributed by atoms with Crippen molar-refractivity contribution in [3.05, 3.63) is 82.2 Å². The zero-order valence-corrected chi connectivity index (χ0v) is 19.0. The first kappa shape index (κ1) is 20.0. The van der Waals surface area contributed by atoms with Gasteiger partial charge in [-0.1, -0.05) is 59.6 Å². The Bertz CT molecular complexity index is 1320. The lowest BCUT2D eigenvalue weighted by Crippen LogP contribution is -2.44. The minimum atomic E-state index is 0.120. The Labute approximate surface area is 196 Å². The number of nitrogens with zero attached hydrogens (tertiary/aromatic N) is 4. The van der Waals surface area contributed by atoms with Gasteiger partial charge in [0.25, 0.3) is 0 Å². The van der Waals surface area contributed by atoms with Crippen LogP contribution in [0.1, 0.15) is 30.0 Å². The predicted molar refractivity (Wildman–Crippen MR) is 129 cm³/mol. The molecule has 1 saturated heterocycles. The number of fused-ring (bicyclic) bond motifs is 2. The molecule has 1 spiro atoms. The maximum Gasteiger partial charge on any atom is 0.156 e. The predicted octanol–water partition coefficient (Wildman–Crippen LogP) is 5.55. The van der Waals surface area contributed by atoms with E-state index in [1.165, 1.54) is 11.1 Å². The van der Waals surface area contributed by atoms with Crippen LogP contribution in [0.15, 0.2) is 61.1 Å². The molecule has 4 aromatic rings. The molecule has 162 valence electrons. The van der Waals surface area contributed by atoms with E-state index in [1.807, 2.05) is 35.1 Å². The van der Waals surface area contributed by atoms with Crippen LogP contribution < -0.4 is 10.6 Å². The third-order valence-corrected chi connectivity index (χ3v) is 8.05. The number of anilines is 1. The zero-order chi connectivity index (χ0) is 21.9. The largest absolute Gasteiger partial charge is 0.355 e. The molecule has 2 aromatic carbocycles. The minimum Gasteiger partial charge on any atom is -0.355 e. The first-order chi connectivity index (χ1) is 15.5. The summed E-state index contributed by atoms with van der Waals surface area (Å²) in [5.74, 6) is 0.956. The molecule has 32 heavy (non-hydrogen) atoms. The Morgan fingerprint density at radius 1 is 1.00 bits per heavy atom. The second-order valence-electron chi connectivity index (χ2n) is 8.94. The van der Waals surface area contributed by atoms with Gasteiger partial charge in [0, 0.05) is 30.9 Å². The van der Waals surface area contributed by atoms with Crippen LogP contribution >= 0.6 is 23.2 Å². The Morgan fingerprint density at radius 3 is 2.62 bits per heavy atom. The molecule has 7 heteroatoms. The molecule has 2 N–H and O–H groups in total. The van der Waals surface area contributed by atoms with Gasteiger partial charge >= 0.3 is 0 Å². The summed E-state index contributed by atoms with van der Waals surface area (Å²) in [5.41, 5.74) is 12.0. The molecule has 0 bridgehead atoms. The lowest BCUT2D eigenvalue weighted by Gasteiger charge is -2.42. The molecule has 5 nitrogen and oxygen atoms in total. The van der Waals surface area contributed by atoms with Crippen LogP contribution in [-0.2, 0) is 6.42 Å². The van der Waals surface area contributed by atoms with Gasteiger partial charge in [-0.25, -0.2) is 9.97 Å². The highest BCUT2D eigenvalue weighted by molar-refractivity contribution is 6.43. The van der Waals surface area contributed by atoms with Gasteiger partial charge in [0.2, 0.25) is 0 Å². The van der Waals surface area contributed by atoms with Crippen molar-refractivity contribution in [3.63, 3.8) is 0 Å². The van der Waals surface area contributed by atoms with E-state index < -0.39 is 0 Å². The molecule has 0 unspecified atom stereocenters. The molecule has 1 fully saturated rings. The maximum atomic E-state index is 6.73. The van der Waals surface area contributed by atoms with Gasteiger partial charge in [0.1, 0.15) is 5.82 Å². The molecule has 0 radical (unpaired) electrons. The van der Waals surface area contributed by atoms with E-state index in [-0.39, 0.29) is 11.5 Å². The molecule has 3 heterocycles. The quantitative estimate of drug-likeness (QED) is 0.423. The molecular weight excluding hydrogens is 441 g/mol. The van der Waals surface area contributed by atoms with Crippen LogP contribution in [0.25, 0.3) is 16.9 Å². The number of hydrogen-bond donors (Lipinski definition) is 1. The molecular formula is C25H23Cl2N5. The number of halogens is 2. The second-order valence-corrected chi connectivity index (χ2v) is 9.73. The molecule has 1 aliphatic heterocycles. The topological polar surface area (TPSA) is 59.5 Å². The third kappa shape index (κ3) is 3.11. The van der Waals surface area contributed by atoms with Gasteiger partial charge in [-0.05, 0) is 41.9 Å². The highest BCUT2D eigenvalue weighted by Crippen LogP contribution is 2.50. The number of rotatable bonds is 2. The summed E-state index contributed by atoms with van der Waals surface area (Å²) in [5, 5.41) is 1.04. The normalized spacial score (nSPS) is 19.6. The molecule has 0 saturated carbocycles. The molecule has 1 aliphatic carbocycles. The monoisotopic (exact) mass is 463 g/mol. The van der Waals surface area contributed by atoms with Crippen molar-refractivity contribution in [2.24, 2.45) is 11.1 Å². The van der Waals surface area contributed by atoms with Crippen LogP contribution in [0.2, 0.25) is 10.0 Å². The van der Waals surface area contributed by atoms with E-state index in [9.17, 15) is 0 Å². The summed E-state index contributed by atoms with van der Waals surface area (Å²) >= 11 is 12.6. The maximum absolute atomic E-state index is 6.73. The second kappa shape index (κ2) is 7.48. The molecule has 2 aromatic heterocycles. The van der Waals surface area contributed by atoms with Crippen molar-refractivity contribution in [2.75, 3.05) is 18.0 Å². The fourth-order valence-corrected chi connectivity index (χ4v) is 5.77. The summed E-state index contributed by atoms with van der Waals surface area (Å²) in [6.45, 7) is 1.89. The highest BCUT2D eigenvalue weighted by atomic mass is 35.5. The summed E-state index contributed by atoms with van der Waals surface area (Å²) in [6, 6.07) is 14.4. The van der Waals surface area contributed by atoms with Gasteiger partial charge < -0.3 is 15.0 Å².